The van der Waals surface area contributed by atoms with Crippen molar-refractivity contribution >= 4 is 40.4 Å². The smallest absolute Gasteiger partial charge is 0.247 e. The van der Waals surface area contributed by atoms with Crippen LogP contribution >= 0.6 is 11.6 Å². The van der Waals surface area contributed by atoms with Crippen LogP contribution in [-0.2, 0) is 0 Å². The molecule has 1 aromatic carbocycles. The SMILES string of the molecule is N#Cc1cc(Nc2nc(NC3CC3)c3ncc(C#N)n3n2)c(Cl)c(N2CCN([C@H]3C[C@@H](C#N)C3)CC2)c1. The van der Waals surface area contributed by atoms with E-state index in [9.17, 15) is 10.5 Å². The molecule has 2 saturated carbocycles. The van der Waals surface area contributed by atoms with Gasteiger partial charge in [-0.2, -0.15) is 25.3 Å². The molecule has 11 nitrogen and oxygen atoms in total. The zero-order valence-electron chi connectivity index (χ0n) is 20.0. The minimum atomic E-state index is 0.186. The van der Waals surface area contributed by atoms with Gasteiger partial charge in [-0.15, -0.1) is 5.10 Å². The van der Waals surface area contributed by atoms with Crippen LogP contribution < -0.4 is 15.5 Å². The highest BCUT2D eigenvalue weighted by Crippen LogP contribution is 2.38. The summed E-state index contributed by atoms with van der Waals surface area (Å²) in [6, 6.07) is 11.0. The number of piperazine rings is 1. The third-order valence-corrected chi connectivity index (χ3v) is 7.69. The number of anilines is 4. The van der Waals surface area contributed by atoms with Crippen LogP contribution in [0.15, 0.2) is 18.3 Å². The topological polar surface area (TPSA) is 145 Å². The number of benzene rings is 1. The lowest BCUT2D eigenvalue weighted by Crippen LogP contribution is -2.54. The Morgan fingerprint density at radius 2 is 1.81 bits per heavy atom. The quantitative estimate of drug-likeness (QED) is 0.503. The van der Waals surface area contributed by atoms with Crippen LogP contribution in [0, 0.1) is 39.9 Å². The molecule has 3 heterocycles. The second-order valence-corrected chi connectivity index (χ2v) is 10.1. The van der Waals surface area contributed by atoms with Crippen molar-refractivity contribution in [1.82, 2.24) is 24.5 Å². The van der Waals surface area contributed by atoms with E-state index in [1.54, 1.807) is 6.07 Å². The van der Waals surface area contributed by atoms with Crippen LogP contribution in [0.3, 0.4) is 0 Å². The molecule has 0 radical (unpaired) electrons. The third kappa shape index (κ3) is 4.46. The fourth-order valence-corrected chi connectivity index (χ4v) is 5.24. The van der Waals surface area contributed by atoms with E-state index in [0.717, 1.165) is 57.5 Å². The van der Waals surface area contributed by atoms with Gasteiger partial charge in [0.05, 0.1) is 40.3 Å². The molecule has 3 fully saturated rings. The van der Waals surface area contributed by atoms with Crippen LogP contribution in [-0.4, -0.2) is 62.7 Å². The predicted molar refractivity (Wildman–Crippen MR) is 138 cm³/mol. The fraction of sp³-hybridized carbons (Fsp3) is 0.440. The van der Waals surface area contributed by atoms with Crippen molar-refractivity contribution in [2.45, 2.75) is 37.8 Å². The van der Waals surface area contributed by atoms with E-state index in [2.05, 4.69) is 53.7 Å². The van der Waals surface area contributed by atoms with E-state index in [4.69, 9.17) is 16.9 Å². The molecular formula is C25H24ClN11. The maximum absolute atomic E-state index is 9.71. The van der Waals surface area contributed by atoms with Gasteiger partial charge in [0.15, 0.2) is 17.2 Å². The molecule has 0 spiro atoms. The van der Waals surface area contributed by atoms with Crippen LogP contribution in [0.25, 0.3) is 5.65 Å². The average molecular weight is 514 g/mol. The number of imidazole rings is 1. The van der Waals surface area contributed by atoms with Crippen molar-refractivity contribution in [1.29, 1.82) is 15.8 Å². The monoisotopic (exact) mass is 513 g/mol. The zero-order chi connectivity index (χ0) is 25.5. The molecule has 3 aromatic rings. The highest BCUT2D eigenvalue weighted by atomic mass is 35.5. The van der Waals surface area contributed by atoms with Gasteiger partial charge >= 0.3 is 0 Å². The van der Waals surface area contributed by atoms with Crippen LogP contribution in [0.1, 0.15) is 36.9 Å². The first kappa shape index (κ1) is 23.3. The number of halogens is 1. The summed E-state index contributed by atoms with van der Waals surface area (Å²) in [5.41, 5.74) is 2.55. The molecule has 1 aliphatic heterocycles. The maximum atomic E-state index is 9.71. The van der Waals surface area contributed by atoms with Gasteiger partial charge in [-0.1, -0.05) is 11.6 Å². The number of hydrogen-bond acceptors (Lipinski definition) is 10. The molecule has 0 atom stereocenters. The summed E-state index contributed by atoms with van der Waals surface area (Å²) in [5, 5.41) is 39.8. The number of nitrogens with zero attached hydrogens (tertiary/aromatic N) is 9. The Hall–Kier alpha value is -4.11. The van der Waals surface area contributed by atoms with Gasteiger partial charge in [-0.3, -0.25) is 4.90 Å². The summed E-state index contributed by atoms with van der Waals surface area (Å²) in [4.78, 5) is 13.6. The molecular weight excluding hydrogens is 490 g/mol. The van der Waals surface area contributed by atoms with Gasteiger partial charge in [0.1, 0.15) is 6.07 Å². The van der Waals surface area contributed by atoms with E-state index < -0.39 is 0 Å². The van der Waals surface area contributed by atoms with E-state index in [1.165, 1.54) is 10.7 Å². The molecule has 0 bridgehead atoms. The summed E-state index contributed by atoms with van der Waals surface area (Å²) in [5.74, 6) is 0.974. The van der Waals surface area contributed by atoms with Crippen molar-refractivity contribution < 1.29 is 0 Å². The molecule has 1 saturated heterocycles. The molecule has 0 amide bonds. The van der Waals surface area contributed by atoms with Crippen molar-refractivity contribution in [3.8, 4) is 18.2 Å². The van der Waals surface area contributed by atoms with E-state index in [-0.39, 0.29) is 11.9 Å². The molecule has 186 valence electrons. The summed E-state index contributed by atoms with van der Waals surface area (Å²) in [7, 11) is 0. The van der Waals surface area contributed by atoms with E-state index in [1.807, 2.05) is 6.07 Å². The summed E-state index contributed by atoms with van der Waals surface area (Å²) < 4.78 is 1.46. The maximum Gasteiger partial charge on any atom is 0.247 e. The summed E-state index contributed by atoms with van der Waals surface area (Å²) in [6.07, 6.45) is 5.47. The van der Waals surface area contributed by atoms with Gasteiger partial charge in [-0.25, -0.2) is 4.98 Å². The second kappa shape index (κ2) is 9.40. The third-order valence-electron chi connectivity index (χ3n) is 7.29. The minimum absolute atomic E-state index is 0.186. The van der Waals surface area contributed by atoms with Crippen LogP contribution in [0.5, 0.6) is 0 Å². The first-order valence-electron chi connectivity index (χ1n) is 12.4. The number of nitrogens with one attached hydrogen (secondary N) is 2. The van der Waals surface area contributed by atoms with Crippen molar-refractivity contribution in [3.05, 3.63) is 34.6 Å². The van der Waals surface area contributed by atoms with Crippen LogP contribution in [0.2, 0.25) is 5.02 Å². The van der Waals surface area contributed by atoms with E-state index in [0.29, 0.717) is 45.5 Å². The molecule has 2 N–H and O–H groups in total. The Bertz CT molecular complexity index is 1480. The Balaban J connectivity index is 1.26. The zero-order valence-corrected chi connectivity index (χ0v) is 20.8. The Kier molecular flexibility index (Phi) is 5.92. The first-order valence-corrected chi connectivity index (χ1v) is 12.8. The number of hydrogen-bond donors (Lipinski definition) is 2. The van der Waals surface area contributed by atoms with Crippen LogP contribution in [0.4, 0.5) is 23.1 Å². The fourth-order valence-electron chi connectivity index (χ4n) is 4.96. The molecule has 3 aliphatic rings. The Morgan fingerprint density at radius 1 is 1.03 bits per heavy atom. The molecule has 2 aromatic heterocycles. The van der Waals surface area contributed by atoms with Crippen molar-refractivity contribution in [3.63, 3.8) is 0 Å². The summed E-state index contributed by atoms with van der Waals surface area (Å²) in [6.45, 7) is 3.32. The lowest BCUT2D eigenvalue weighted by molar-refractivity contribution is 0.0945. The average Bonchev–Trinajstić information content (AvgIpc) is 3.61. The standard InChI is InChI=1S/C25H24ClN11/c26-22-20(32-25-33-23(31-17-1-2-17)24-30-14-19(13-29)37(24)34-25)9-16(12-28)10-21(22)36-5-3-35(4-6-36)18-7-15(8-18)11-27/h9-10,14-15,17-18H,1-8H2,(H2,31,32,33,34)/t15-,18+. The van der Waals surface area contributed by atoms with E-state index >= 15 is 0 Å². The number of aromatic nitrogens is 4. The summed E-state index contributed by atoms with van der Waals surface area (Å²) >= 11 is 6.88. The normalized spacial score (nSPS) is 21.5. The van der Waals surface area contributed by atoms with Crippen molar-refractivity contribution in [2.75, 3.05) is 41.7 Å². The number of fused-ring (bicyclic) bond motifs is 1. The van der Waals surface area contributed by atoms with Gasteiger partial charge in [-0.05, 0) is 37.8 Å². The van der Waals surface area contributed by atoms with Gasteiger partial charge in [0, 0.05) is 44.2 Å². The Labute approximate surface area is 218 Å². The number of nitriles is 3. The van der Waals surface area contributed by atoms with Gasteiger partial charge < -0.3 is 15.5 Å². The number of rotatable bonds is 6. The lowest BCUT2D eigenvalue weighted by Gasteiger charge is -2.45. The van der Waals surface area contributed by atoms with Crippen molar-refractivity contribution in [2.24, 2.45) is 5.92 Å². The second-order valence-electron chi connectivity index (χ2n) is 9.76. The highest BCUT2D eigenvalue weighted by molar-refractivity contribution is 6.36. The highest BCUT2D eigenvalue weighted by Gasteiger charge is 2.35. The van der Waals surface area contributed by atoms with Gasteiger partial charge in [0.2, 0.25) is 5.95 Å². The molecule has 0 unspecified atom stereocenters. The Morgan fingerprint density at radius 3 is 2.49 bits per heavy atom. The first-order chi connectivity index (χ1) is 18.1. The largest absolute Gasteiger partial charge is 0.368 e. The minimum Gasteiger partial charge on any atom is -0.368 e. The molecule has 6 rings (SSSR count). The predicted octanol–water partition coefficient (Wildman–Crippen LogP) is 3.26. The lowest BCUT2D eigenvalue weighted by atomic mass is 9.80. The van der Waals surface area contributed by atoms with Gasteiger partial charge in [0.25, 0.3) is 0 Å². The molecule has 37 heavy (non-hydrogen) atoms. The molecule has 12 heteroatoms. The molecule has 2 aliphatic carbocycles.